The Morgan fingerprint density at radius 1 is 1.31 bits per heavy atom. The highest BCUT2D eigenvalue weighted by Gasteiger charge is 2.40. The van der Waals surface area contributed by atoms with Gasteiger partial charge in [-0.15, -0.1) is 0 Å². The van der Waals surface area contributed by atoms with Crippen molar-refractivity contribution in [3.05, 3.63) is 35.1 Å². The molecule has 0 unspecified atom stereocenters. The molecule has 1 saturated carbocycles. The van der Waals surface area contributed by atoms with E-state index >= 15 is 0 Å². The molecule has 2 N–H and O–H groups in total. The average Bonchev–Trinajstić information content (AvgIpc) is 2.11. The van der Waals surface area contributed by atoms with E-state index in [4.69, 9.17) is 5.73 Å². The molecule has 2 rings (SSSR count). The normalized spacial score (nSPS) is 19.3. The molecule has 0 bridgehead atoms. The molecule has 1 aromatic carbocycles. The van der Waals surface area contributed by atoms with Crippen molar-refractivity contribution in [1.82, 2.24) is 0 Å². The molecule has 0 atom stereocenters. The van der Waals surface area contributed by atoms with Crippen molar-refractivity contribution in [3.8, 4) is 0 Å². The van der Waals surface area contributed by atoms with Crippen molar-refractivity contribution >= 4 is 0 Å². The molecule has 16 heavy (non-hydrogen) atoms. The fourth-order valence-corrected chi connectivity index (χ4v) is 2.37. The van der Waals surface area contributed by atoms with Gasteiger partial charge in [-0.3, -0.25) is 0 Å². The number of hydrogen-bond acceptors (Lipinski definition) is 1. The Balaban J connectivity index is 2.57. The smallest absolute Gasteiger partial charge is 0.133 e. The average molecular weight is 225 g/mol. The van der Waals surface area contributed by atoms with Crippen LogP contribution in [0.1, 0.15) is 44.2 Å². The molecule has 0 saturated heterocycles. The highest BCUT2D eigenvalue weighted by Crippen LogP contribution is 2.44. The standard InChI is InChI=1S/C13H17F2N/c1-12(2,15)11-9(5-3-6-10(11)14)13(16)7-4-8-13/h3,5-6H,4,7-8,16H2,1-2H3. The van der Waals surface area contributed by atoms with Gasteiger partial charge in [0, 0.05) is 11.1 Å². The highest BCUT2D eigenvalue weighted by atomic mass is 19.1. The zero-order valence-electron chi connectivity index (χ0n) is 9.69. The first-order valence-corrected chi connectivity index (χ1v) is 5.62. The fraction of sp³-hybridized carbons (Fsp3) is 0.538. The second kappa shape index (κ2) is 3.52. The van der Waals surface area contributed by atoms with E-state index in [0.29, 0.717) is 5.56 Å². The van der Waals surface area contributed by atoms with Crippen LogP contribution in [0.5, 0.6) is 0 Å². The van der Waals surface area contributed by atoms with Gasteiger partial charge in [-0.1, -0.05) is 12.1 Å². The van der Waals surface area contributed by atoms with Gasteiger partial charge in [0.2, 0.25) is 0 Å². The predicted molar refractivity (Wildman–Crippen MR) is 60.3 cm³/mol. The van der Waals surface area contributed by atoms with Gasteiger partial charge < -0.3 is 5.73 Å². The van der Waals surface area contributed by atoms with Crippen molar-refractivity contribution in [2.45, 2.75) is 44.3 Å². The molecule has 1 fully saturated rings. The maximum atomic E-state index is 14.0. The summed E-state index contributed by atoms with van der Waals surface area (Å²) in [5.41, 5.74) is 4.69. The SMILES string of the molecule is CC(C)(F)c1c(F)cccc1C1(N)CCC1. The third-order valence-corrected chi connectivity index (χ3v) is 3.39. The summed E-state index contributed by atoms with van der Waals surface area (Å²) in [4.78, 5) is 0. The molecule has 0 heterocycles. The quantitative estimate of drug-likeness (QED) is 0.820. The monoisotopic (exact) mass is 225 g/mol. The number of benzene rings is 1. The molecule has 88 valence electrons. The minimum atomic E-state index is -1.69. The van der Waals surface area contributed by atoms with E-state index in [9.17, 15) is 8.78 Å². The molecule has 0 aliphatic heterocycles. The number of halogens is 2. The van der Waals surface area contributed by atoms with Gasteiger partial charge in [0.15, 0.2) is 0 Å². The second-order valence-electron chi connectivity index (χ2n) is 5.14. The zero-order valence-corrected chi connectivity index (χ0v) is 9.69. The Labute approximate surface area is 94.7 Å². The molecule has 0 aromatic heterocycles. The molecular formula is C13H17F2N. The van der Waals surface area contributed by atoms with Gasteiger partial charge in [-0.05, 0) is 44.7 Å². The zero-order chi connectivity index (χ0) is 12.0. The van der Waals surface area contributed by atoms with Crippen molar-refractivity contribution in [3.63, 3.8) is 0 Å². The molecule has 1 aromatic rings. The van der Waals surface area contributed by atoms with E-state index in [1.165, 1.54) is 19.9 Å². The lowest BCUT2D eigenvalue weighted by Crippen LogP contribution is -2.45. The van der Waals surface area contributed by atoms with Crippen molar-refractivity contribution < 1.29 is 8.78 Å². The summed E-state index contributed by atoms with van der Waals surface area (Å²) in [6, 6.07) is 4.65. The van der Waals surface area contributed by atoms with Crippen LogP contribution in [0.2, 0.25) is 0 Å². The van der Waals surface area contributed by atoms with Gasteiger partial charge in [-0.25, -0.2) is 8.78 Å². The largest absolute Gasteiger partial charge is 0.321 e. The summed E-state index contributed by atoms with van der Waals surface area (Å²) in [5.74, 6) is -0.498. The van der Waals surface area contributed by atoms with Crippen LogP contribution in [-0.4, -0.2) is 0 Å². The van der Waals surface area contributed by atoms with E-state index in [0.717, 1.165) is 19.3 Å². The van der Waals surface area contributed by atoms with E-state index in [1.54, 1.807) is 12.1 Å². The number of rotatable bonds is 2. The molecule has 3 heteroatoms. The van der Waals surface area contributed by atoms with Crippen molar-refractivity contribution in [2.24, 2.45) is 5.73 Å². The summed E-state index contributed by atoms with van der Waals surface area (Å²) < 4.78 is 27.8. The maximum absolute atomic E-state index is 14.0. The van der Waals surface area contributed by atoms with Crippen LogP contribution in [0, 0.1) is 5.82 Å². The molecular weight excluding hydrogens is 208 g/mol. The number of nitrogens with two attached hydrogens (primary N) is 1. The highest BCUT2D eigenvalue weighted by molar-refractivity contribution is 5.39. The molecule has 0 amide bonds. The summed E-state index contributed by atoms with van der Waals surface area (Å²) in [5, 5.41) is 0. The molecule has 1 aliphatic carbocycles. The van der Waals surface area contributed by atoms with E-state index in [1.807, 2.05) is 0 Å². The lowest BCUT2D eigenvalue weighted by Gasteiger charge is -2.41. The van der Waals surface area contributed by atoms with Crippen LogP contribution in [0.4, 0.5) is 8.78 Å². The van der Waals surface area contributed by atoms with Crippen molar-refractivity contribution in [2.75, 3.05) is 0 Å². The van der Waals surface area contributed by atoms with Crippen LogP contribution in [-0.2, 0) is 11.2 Å². The second-order valence-corrected chi connectivity index (χ2v) is 5.14. The summed E-state index contributed by atoms with van der Waals surface area (Å²) in [6.07, 6.45) is 2.64. The Kier molecular flexibility index (Phi) is 2.54. The summed E-state index contributed by atoms with van der Waals surface area (Å²) in [7, 11) is 0. The van der Waals surface area contributed by atoms with Crippen LogP contribution >= 0.6 is 0 Å². The molecule has 0 radical (unpaired) electrons. The minimum Gasteiger partial charge on any atom is -0.321 e. The molecule has 0 spiro atoms. The predicted octanol–water partition coefficient (Wildman–Crippen LogP) is 3.37. The Morgan fingerprint density at radius 3 is 2.38 bits per heavy atom. The first kappa shape index (κ1) is 11.5. The Bertz CT molecular complexity index is 403. The van der Waals surface area contributed by atoms with Gasteiger partial charge in [0.05, 0.1) is 0 Å². The van der Waals surface area contributed by atoms with Crippen LogP contribution in [0.3, 0.4) is 0 Å². The maximum Gasteiger partial charge on any atom is 0.133 e. The lowest BCUT2D eigenvalue weighted by molar-refractivity contribution is 0.194. The van der Waals surface area contributed by atoms with Gasteiger partial charge >= 0.3 is 0 Å². The van der Waals surface area contributed by atoms with E-state index in [2.05, 4.69) is 0 Å². The number of alkyl halides is 1. The first-order valence-electron chi connectivity index (χ1n) is 5.62. The van der Waals surface area contributed by atoms with Crippen LogP contribution in [0.25, 0.3) is 0 Å². The molecule has 1 aliphatic rings. The Hall–Kier alpha value is -0.960. The van der Waals surface area contributed by atoms with Crippen LogP contribution < -0.4 is 5.73 Å². The van der Waals surface area contributed by atoms with Gasteiger partial charge in [0.1, 0.15) is 11.5 Å². The van der Waals surface area contributed by atoms with Gasteiger partial charge in [0.25, 0.3) is 0 Å². The topological polar surface area (TPSA) is 26.0 Å². The third kappa shape index (κ3) is 1.73. The van der Waals surface area contributed by atoms with E-state index in [-0.39, 0.29) is 5.56 Å². The summed E-state index contributed by atoms with van der Waals surface area (Å²) in [6.45, 7) is 2.74. The van der Waals surface area contributed by atoms with Crippen molar-refractivity contribution in [1.29, 1.82) is 0 Å². The van der Waals surface area contributed by atoms with Crippen LogP contribution in [0.15, 0.2) is 18.2 Å². The van der Waals surface area contributed by atoms with Gasteiger partial charge in [-0.2, -0.15) is 0 Å². The minimum absolute atomic E-state index is 0.122. The number of hydrogen-bond donors (Lipinski definition) is 1. The summed E-state index contributed by atoms with van der Waals surface area (Å²) >= 11 is 0. The third-order valence-electron chi connectivity index (χ3n) is 3.39. The van der Waals surface area contributed by atoms with E-state index < -0.39 is 17.0 Å². The lowest BCUT2D eigenvalue weighted by atomic mass is 9.69. The fourth-order valence-electron chi connectivity index (χ4n) is 2.37. The first-order chi connectivity index (χ1) is 7.34. The molecule has 1 nitrogen and oxygen atoms in total. The Morgan fingerprint density at radius 2 is 1.94 bits per heavy atom.